The number of hydrogen-bond acceptors (Lipinski definition) is 4. The summed E-state index contributed by atoms with van der Waals surface area (Å²) in [7, 11) is 1.73. The zero-order valence-corrected chi connectivity index (χ0v) is 13.1. The second-order valence-corrected chi connectivity index (χ2v) is 5.47. The van der Waals surface area contributed by atoms with E-state index in [1.165, 1.54) is 0 Å². The highest BCUT2D eigenvalue weighted by Gasteiger charge is 2.12. The Bertz CT molecular complexity index is 578. The normalized spacial score (nSPS) is 11.4. The molecule has 5 heteroatoms. The third-order valence-electron chi connectivity index (χ3n) is 3.36. The van der Waals surface area contributed by atoms with Crippen LogP contribution in [0, 0.1) is 0 Å². The number of rotatable bonds is 8. The first-order valence-corrected chi connectivity index (χ1v) is 7.53. The van der Waals surface area contributed by atoms with E-state index in [1.54, 1.807) is 7.11 Å². The van der Waals surface area contributed by atoms with Crippen molar-refractivity contribution in [2.75, 3.05) is 19.5 Å². The molecule has 1 heterocycles. The number of methoxy groups -OCH3 is 1. The zero-order chi connectivity index (χ0) is 15.2. The molecule has 0 aliphatic heterocycles. The fraction of sp³-hybridized carbons (Fsp3) is 0.562. The van der Waals surface area contributed by atoms with Crippen LogP contribution in [0.5, 0.6) is 5.75 Å². The lowest BCUT2D eigenvalue weighted by molar-refractivity contribution is 0.191. The van der Waals surface area contributed by atoms with Crippen LogP contribution in [-0.2, 0) is 11.3 Å². The number of nitrogen functional groups attached to an aromatic ring is 1. The second kappa shape index (κ2) is 7.31. The molecule has 0 bridgehead atoms. The second-order valence-electron chi connectivity index (χ2n) is 5.47. The van der Waals surface area contributed by atoms with Gasteiger partial charge in [0.25, 0.3) is 0 Å². The monoisotopic (exact) mass is 291 g/mol. The van der Waals surface area contributed by atoms with Crippen molar-refractivity contribution in [2.45, 2.75) is 45.8 Å². The van der Waals surface area contributed by atoms with Gasteiger partial charge in [-0.2, -0.15) is 0 Å². The van der Waals surface area contributed by atoms with Crippen molar-refractivity contribution in [1.29, 1.82) is 0 Å². The molecule has 0 saturated carbocycles. The molecule has 0 aliphatic carbocycles. The van der Waals surface area contributed by atoms with Crippen molar-refractivity contribution < 1.29 is 9.47 Å². The number of unbranched alkanes of at least 4 members (excludes halogenated alkanes) is 2. The van der Waals surface area contributed by atoms with Gasteiger partial charge in [-0.3, -0.25) is 0 Å². The summed E-state index contributed by atoms with van der Waals surface area (Å²) in [5, 5.41) is 0. The van der Waals surface area contributed by atoms with Gasteiger partial charge in [-0.05, 0) is 45.2 Å². The molecule has 1 aromatic carbocycles. The summed E-state index contributed by atoms with van der Waals surface area (Å²) in [6.45, 7) is 5.70. The molecule has 0 aliphatic rings. The van der Waals surface area contributed by atoms with Gasteiger partial charge in [0.2, 0.25) is 5.95 Å². The quantitative estimate of drug-likeness (QED) is 0.759. The number of fused-ring (bicyclic) bond motifs is 1. The average Bonchev–Trinajstić information content (AvgIpc) is 2.76. The number of nitrogens with zero attached hydrogens (tertiary/aromatic N) is 2. The molecule has 0 amide bonds. The first-order chi connectivity index (χ1) is 10.1. The van der Waals surface area contributed by atoms with Gasteiger partial charge < -0.3 is 19.8 Å². The van der Waals surface area contributed by atoms with E-state index in [0.717, 1.165) is 49.2 Å². The first-order valence-electron chi connectivity index (χ1n) is 7.53. The van der Waals surface area contributed by atoms with Crippen LogP contribution in [0.25, 0.3) is 11.0 Å². The SMILES string of the molecule is COCCCCCn1c(N)nc2c(OC(C)C)cccc21. The number of nitrogens with two attached hydrogens (primary N) is 1. The number of anilines is 1. The zero-order valence-electron chi connectivity index (χ0n) is 13.1. The maximum absolute atomic E-state index is 6.07. The van der Waals surface area contributed by atoms with Gasteiger partial charge in [0.05, 0.1) is 11.6 Å². The molecule has 21 heavy (non-hydrogen) atoms. The van der Waals surface area contributed by atoms with Crippen molar-refractivity contribution in [1.82, 2.24) is 9.55 Å². The molecule has 0 fully saturated rings. The summed E-state index contributed by atoms with van der Waals surface area (Å²) < 4.78 is 12.9. The number of aromatic nitrogens is 2. The van der Waals surface area contributed by atoms with Crippen LogP contribution in [-0.4, -0.2) is 29.4 Å². The van der Waals surface area contributed by atoms with Crippen molar-refractivity contribution >= 4 is 17.0 Å². The lowest BCUT2D eigenvalue weighted by atomic mass is 10.2. The molecule has 0 spiro atoms. The van der Waals surface area contributed by atoms with Gasteiger partial charge >= 0.3 is 0 Å². The number of para-hydroxylation sites is 1. The summed E-state index contributed by atoms with van der Waals surface area (Å²) >= 11 is 0. The molecule has 0 atom stereocenters. The Morgan fingerprint density at radius 2 is 2.05 bits per heavy atom. The molecule has 0 unspecified atom stereocenters. The minimum atomic E-state index is 0.121. The molecule has 2 N–H and O–H groups in total. The molecule has 1 aromatic heterocycles. The highest BCUT2D eigenvalue weighted by Crippen LogP contribution is 2.28. The van der Waals surface area contributed by atoms with Crippen LogP contribution in [0.2, 0.25) is 0 Å². The predicted octanol–water partition coefficient (Wildman–Crippen LogP) is 3.22. The van der Waals surface area contributed by atoms with Crippen LogP contribution in [0.1, 0.15) is 33.1 Å². The Labute approximate surface area is 126 Å². The summed E-state index contributed by atoms with van der Waals surface area (Å²) in [5.74, 6) is 1.35. The summed E-state index contributed by atoms with van der Waals surface area (Å²) in [6, 6.07) is 5.97. The van der Waals surface area contributed by atoms with Gasteiger partial charge in [0.1, 0.15) is 11.3 Å². The Morgan fingerprint density at radius 1 is 1.24 bits per heavy atom. The van der Waals surface area contributed by atoms with Crippen molar-refractivity contribution in [3.05, 3.63) is 18.2 Å². The van der Waals surface area contributed by atoms with Crippen molar-refractivity contribution in [3.63, 3.8) is 0 Å². The highest BCUT2D eigenvalue weighted by atomic mass is 16.5. The maximum atomic E-state index is 6.07. The van der Waals surface area contributed by atoms with E-state index in [2.05, 4.69) is 9.55 Å². The topological polar surface area (TPSA) is 62.3 Å². The molecule has 116 valence electrons. The number of ether oxygens (including phenoxy) is 2. The van der Waals surface area contributed by atoms with Gasteiger partial charge in [0.15, 0.2) is 0 Å². The average molecular weight is 291 g/mol. The van der Waals surface area contributed by atoms with E-state index >= 15 is 0 Å². The molecular formula is C16H25N3O2. The lowest BCUT2D eigenvalue weighted by Crippen LogP contribution is -2.06. The first kappa shape index (κ1) is 15.6. The van der Waals surface area contributed by atoms with Crippen LogP contribution in [0.3, 0.4) is 0 Å². The number of aryl methyl sites for hydroxylation is 1. The fourth-order valence-corrected chi connectivity index (χ4v) is 2.42. The van der Waals surface area contributed by atoms with Gasteiger partial charge in [-0.25, -0.2) is 4.98 Å². The predicted molar refractivity (Wildman–Crippen MR) is 85.6 cm³/mol. The molecule has 0 radical (unpaired) electrons. The van der Waals surface area contributed by atoms with Gasteiger partial charge in [0, 0.05) is 20.3 Å². The molecular weight excluding hydrogens is 266 g/mol. The van der Waals surface area contributed by atoms with Crippen LogP contribution >= 0.6 is 0 Å². The van der Waals surface area contributed by atoms with Crippen LogP contribution in [0.4, 0.5) is 5.95 Å². The lowest BCUT2D eigenvalue weighted by Gasteiger charge is -2.10. The summed E-state index contributed by atoms with van der Waals surface area (Å²) in [4.78, 5) is 4.47. The largest absolute Gasteiger partial charge is 0.489 e. The highest BCUT2D eigenvalue weighted by molar-refractivity contribution is 5.84. The van der Waals surface area contributed by atoms with E-state index in [9.17, 15) is 0 Å². The van der Waals surface area contributed by atoms with Crippen LogP contribution in [0.15, 0.2) is 18.2 Å². The third-order valence-corrected chi connectivity index (χ3v) is 3.36. The Hall–Kier alpha value is -1.75. The number of benzene rings is 1. The van der Waals surface area contributed by atoms with E-state index in [-0.39, 0.29) is 6.10 Å². The molecule has 2 rings (SSSR count). The maximum Gasteiger partial charge on any atom is 0.201 e. The number of imidazole rings is 1. The van der Waals surface area contributed by atoms with Crippen molar-refractivity contribution in [3.8, 4) is 5.75 Å². The van der Waals surface area contributed by atoms with Crippen LogP contribution < -0.4 is 10.5 Å². The molecule has 2 aromatic rings. The van der Waals surface area contributed by atoms with E-state index < -0.39 is 0 Å². The standard InChI is InChI=1S/C16H25N3O2/c1-12(2)21-14-9-7-8-13-15(14)18-16(17)19(13)10-5-4-6-11-20-3/h7-9,12H,4-6,10-11H2,1-3H3,(H2,17,18). The van der Waals surface area contributed by atoms with E-state index in [1.807, 2.05) is 32.0 Å². The van der Waals surface area contributed by atoms with Gasteiger partial charge in [-0.15, -0.1) is 0 Å². The molecule has 0 saturated heterocycles. The summed E-state index contributed by atoms with van der Waals surface area (Å²) in [5.41, 5.74) is 7.95. The smallest absolute Gasteiger partial charge is 0.201 e. The fourth-order valence-electron chi connectivity index (χ4n) is 2.42. The molecule has 5 nitrogen and oxygen atoms in total. The summed E-state index contributed by atoms with van der Waals surface area (Å²) in [6.07, 6.45) is 3.38. The van der Waals surface area contributed by atoms with E-state index in [4.69, 9.17) is 15.2 Å². The van der Waals surface area contributed by atoms with Crippen molar-refractivity contribution in [2.24, 2.45) is 0 Å². The van der Waals surface area contributed by atoms with Gasteiger partial charge in [-0.1, -0.05) is 6.07 Å². The Kier molecular flexibility index (Phi) is 5.44. The third kappa shape index (κ3) is 3.88. The Balaban J connectivity index is 2.14. The van der Waals surface area contributed by atoms with E-state index in [0.29, 0.717) is 5.95 Å². The minimum absolute atomic E-state index is 0.121. The Morgan fingerprint density at radius 3 is 2.76 bits per heavy atom. The minimum Gasteiger partial charge on any atom is -0.489 e. The number of hydrogen-bond donors (Lipinski definition) is 1.